The Hall–Kier alpha value is -1.63. The molecule has 26 heavy (non-hydrogen) atoms. The summed E-state index contributed by atoms with van der Waals surface area (Å²) in [6.45, 7) is 5.19. The van der Waals surface area contributed by atoms with E-state index in [-0.39, 0.29) is 0 Å². The monoisotopic (exact) mass is 378 g/mol. The molecule has 0 saturated carbocycles. The van der Waals surface area contributed by atoms with Gasteiger partial charge in [-0.1, -0.05) is 11.6 Å². The molecule has 5 nitrogen and oxygen atoms in total. The summed E-state index contributed by atoms with van der Waals surface area (Å²) in [4.78, 5) is 8.99. The van der Waals surface area contributed by atoms with E-state index in [2.05, 4.69) is 27.1 Å². The normalized spacial score (nSPS) is 21.5. The number of anilines is 1. The molecule has 2 saturated heterocycles. The van der Waals surface area contributed by atoms with Crippen LogP contribution in [0, 0.1) is 5.82 Å². The molecule has 2 aliphatic rings. The minimum Gasteiger partial charge on any atom is -0.476 e. The van der Waals surface area contributed by atoms with Gasteiger partial charge in [0.05, 0.1) is 5.69 Å². The molecule has 2 fully saturated rings. The fourth-order valence-corrected chi connectivity index (χ4v) is 4.03. The van der Waals surface area contributed by atoms with E-state index in [1.165, 1.54) is 12.5 Å². The van der Waals surface area contributed by atoms with Gasteiger partial charge in [-0.05, 0) is 38.6 Å². The molecule has 2 aromatic rings. The Morgan fingerprint density at radius 2 is 2.08 bits per heavy atom. The van der Waals surface area contributed by atoms with Crippen LogP contribution >= 0.6 is 11.6 Å². The molecule has 4 rings (SSSR count). The van der Waals surface area contributed by atoms with Gasteiger partial charge in [0.2, 0.25) is 5.88 Å². The van der Waals surface area contributed by atoms with Gasteiger partial charge in [0.15, 0.2) is 5.82 Å². The van der Waals surface area contributed by atoms with Crippen molar-refractivity contribution >= 4 is 28.2 Å². The van der Waals surface area contributed by atoms with Crippen molar-refractivity contribution in [2.24, 2.45) is 0 Å². The van der Waals surface area contributed by atoms with E-state index in [0.29, 0.717) is 29.1 Å². The first kappa shape index (κ1) is 17.8. The number of nitrogens with one attached hydrogen (secondary N) is 1. The zero-order valence-corrected chi connectivity index (χ0v) is 15.7. The molecule has 1 aromatic heterocycles. The quantitative estimate of drug-likeness (QED) is 0.885. The van der Waals surface area contributed by atoms with Crippen LogP contribution in [0.25, 0.3) is 10.9 Å². The standard InChI is InChI=1S/C19H24ClFN4O/c1-24-6-2-3-14(24)12-26-18-11-17(25-7-4-22-5-8-25)15-9-13(20)10-16(21)19(15)23-18/h9-11,14,22H,2-8,12H2,1H3/t14-/m0/s1. The molecule has 1 aromatic carbocycles. The molecule has 2 aliphatic heterocycles. The predicted octanol–water partition coefficient (Wildman–Crippen LogP) is 2.91. The van der Waals surface area contributed by atoms with Gasteiger partial charge in [0.1, 0.15) is 12.1 Å². The maximum absolute atomic E-state index is 14.5. The maximum atomic E-state index is 14.5. The lowest BCUT2D eigenvalue weighted by Gasteiger charge is -2.30. The van der Waals surface area contributed by atoms with Crippen molar-refractivity contribution in [3.63, 3.8) is 0 Å². The second-order valence-electron chi connectivity index (χ2n) is 7.09. The van der Waals surface area contributed by atoms with Crippen molar-refractivity contribution in [1.29, 1.82) is 0 Å². The van der Waals surface area contributed by atoms with Gasteiger partial charge in [-0.15, -0.1) is 0 Å². The van der Waals surface area contributed by atoms with Crippen LogP contribution in [0.1, 0.15) is 12.8 Å². The van der Waals surface area contributed by atoms with Gasteiger partial charge in [-0.2, -0.15) is 0 Å². The minimum absolute atomic E-state index is 0.320. The van der Waals surface area contributed by atoms with Crippen molar-refractivity contribution in [2.75, 3.05) is 51.3 Å². The van der Waals surface area contributed by atoms with Gasteiger partial charge >= 0.3 is 0 Å². The molecule has 0 bridgehead atoms. The number of aromatic nitrogens is 1. The lowest BCUT2D eigenvalue weighted by molar-refractivity contribution is 0.193. The van der Waals surface area contributed by atoms with Crippen molar-refractivity contribution < 1.29 is 9.13 Å². The van der Waals surface area contributed by atoms with Gasteiger partial charge in [-0.3, -0.25) is 0 Å². The highest BCUT2D eigenvalue weighted by Crippen LogP contribution is 2.33. The molecular weight excluding hydrogens is 355 g/mol. The van der Waals surface area contributed by atoms with E-state index in [1.54, 1.807) is 6.07 Å². The van der Waals surface area contributed by atoms with E-state index in [1.807, 2.05) is 6.07 Å². The average molecular weight is 379 g/mol. The average Bonchev–Trinajstić information content (AvgIpc) is 3.05. The van der Waals surface area contributed by atoms with E-state index in [9.17, 15) is 4.39 Å². The number of rotatable bonds is 4. The molecule has 0 radical (unpaired) electrons. The van der Waals surface area contributed by atoms with Gasteiger partial charge in [0, 0.05) is 48.7 Å². The number of pyridine rings is 1. The van der Waals surface area contributed by atoms with Crippen LogP contribution < -0.4 is 15.0 Å². The molecule has 0 aliphatic carbocycles. The first-order chi connectivity index (χ1) is 12.6. The SMILES string of the molecule is CN1CCC[C@H]1COc1cc(N2CCNCC2)c2cc(Cl)cc(F)c2n1. The van der Waals surface area contributed by atoms with Crippen LogP contribution in [0.5, 0.6) is 5.88 Å². The molecule has 7 heteroatoms. The highest BCUT2D eigenvalue weighted by atomic mass is 35.5. The van der Waals surface area contributed by atoms with Crippen LogP contribution in [0.4, 0.5) is 10.1 Å². The molecule has 0 spiro atoms. The topological polar surface area (TPSA) is 40.6 Å². The van der Waals surface area contributed by atoms with E-state index in [0.717, 1.165) is 50.2 Å². The zero-order valence-electron chi connectivity index (χ0n) is 15.0. The minimum atomic E-state index is -0.410. The molecule has 3 heterocycles. The summed E-state index contributed by atoms with van der Waals surface area (Å²) in [7, 11) is 2.11. The third kappa shape index (κ3) is 3.59. The Labute approximate surface area is 158 Å². The van der Waals surface area contributed by atoms with Crippen LogP contribution in [-0.2, 0) is 0 Å². The molecule has 0 unspecified atom stereocenters. The summed E-state index contributed by atoms with van der Waals surface area (Å²) in [6.07, 6.45) is 2.31. The highest BCUT2D eigenvalue weighted by molar-refractivity contribution is 6.31. The fourth-order valence-electron chi connectivity index (χ4n) is 3.82. The summed E-state index contributed by atoms with van der Waals surface area (Å²) in [5.74, 6) is 0.0693. The Morgan fingerprint density at radius 1 is 1.27 bits per heavy atom. The van der Waals surface area contributed by atoms with E-state index in [4.69, 9.17) is 16.3 Å². The second-order valence-corrected chi connectivity index (χ2v) is 7.52. The van der Waals surface area contributed by atoms with Crippen LogP contribution in [0.2, 0.25) is 5.02 Å². The lowest BCUT2D eigenvalue weighted by Crippen LogP contribution is -2.43. The second kappa shape index (κ2) is 7.55. The Balaban J connectivity index is 1.69. The van der Waals surface area contributed by atoms with Crippen molar-refractivity contribution in [3.05, 3.63) is 29.0 Å². The van der Waals surface area contributed by atoms with Gasteiger partial charge < -0.3 is 19.9 Å². The van der Waals surface area contributed by atoms with E-state index >= 15 is 0 Å². The molecule has 140 valence electrons. The first-order valence-corrected chi connectivity index (χ1v) is 9.58. The molecule has 1 atom stereocenters. The van der Waals surface area contributed by atoms with Crippen LogP contribution in [0.3, 0.4) is 0 Å². The number of nitrogens with zero attached hydrogens (tertiary/aromatic N) is 3. The Morgan fingerprint density at radius 3 is 2.81 bits per heavy atom. The van der Waals surface area contributed by atoms with Crippen LogP contribution in [-0.4, -0.2) is 62.3 Å². The van der Waals surface area contributed by atoms with Gasteiger partial charge in [0.25, 0.3) is 0 Å². The summed E-state index contributed by atoms with van der Waals surface area (Å²) in [5, 5.41) is 4.46. The molecule has 0 amide bonds. The molecule has 1 N–H and O–H groups in total. The maximum Gasteiger partial charge on any atom is 0.216 e. The largest absolute Gasteiger partial charge is 0.476 e. The number of ether oxygens (including phenoxy) is 1. The summed E-state index contributed by atoms with van der Waals surface area (Å²) >= 11 is 6.10. The zero-order chi connectivity index (χ0) is 18.1. The number of fused-ring (bicyclic) bond motifs is 1. The summed E-state index contributed by atoms with van der Waals surface area (Å²) < 4.78 is 20.5. The molecular formula is C19H24ClFN4O. The Kier molecular flexibility index (Phi) is 5.16. The lowest BCUT2D eigenvalue weighted by atomic mass is 10.1. The summed E-state index contributed by atoms with van der Waals surface area (Å²) in [5.41, 5.74) is 1.26. The fraction of sp³-hybridized carbons (Fsp3) is 0.526. The van der Waals surface area contributed by atoms with Crippen molar-refractivity contribution in [3.8, 4) is 5.88 Å². The number of hydrogen-bond donors (Lipinski definition) is 1. The Bertz CT molecular complexity index is 797. The third-order valence-corrected chi connectivity index (χ3v) is 5.56. The van der Waals surface area contributed by atoms with Crippen molar-refractivity contribution in [2.45, 2.75) is 18.9 Å². The number of halogens is 2. The van der Waals surface area contributed by atoms with Crippen molar-refractivity contribution in [1.82, 2.24) is 15.2 Å². The number of hydrogen-bond acceptors (Lipinski definition) is 5. The number of benzene rings is 1. The third-order valence-electron chi connectivity index (χ3n) is 5.34. The summed E-state index contributed by atoms with van der Waals surface area (Å²) in [6, 6.07) is 5.43. The smallest absolute Gasteiger partial charge is 0.216 e. The first-order valence-electron chi connectivity index (χ1n) is 9.20. The van der Waals surface area contributed by atoms with E-state index < -0.39 is 5.82 Å². The number of likely N-dealkylation sites (tertiary alicyclic amines) is 1. The predicted molar refractivity (Wildman–Crippen MR) is 103 cm³/mol. The van der Waals surface area contributed by atoms with Gasteiger partial charge in [-0.25, -0.2) is 9.37 Å². The van der Waals surface area contributed by atoms with Crippen LogP contribution in [0.15, 0.2) is 18.2 Å². The number of piperazine rings is 1. The highest BCUT2D eigenvalue weighted by Gasteiger charge is 2.23. The number of likely N-dealkylation sites (N-methyl/N-ethyl adjacent to an activating group) is 1.